The number of nitrogens with one attached hydrogen (secondary N) is 1. The molecule has 1 amide bonds. The Balaban J connectivity index is 0.975. The van der Waals surface area contributed by atoms with Crippen LogP contribution in [0.3, 0.4) is 0 Å². The summed E-state index contributed by atoms with van der Waals surface area (Å²) in [5.74, 6) is -0.537. The SMILES string of the molecule is Cc1c(Cc2nccc3cc(CN4CC[C@@H](O)C4)cnc23)cccc1-c1cccc(NC(=O)c2nc3c(n2C)CCN(C2CCC(C)(C(=O)O)CC2)C3)c1C. The van der Waals surface area contributed by atoms with Crippen LogP contribution >= 0.6 is 0 Å². The van der Waals surface area contributed by atoms with Gasteiger partial charge in [-0.25, -0.2) is 4.98 Å². The normalized spacial score (nSPS) is 21.8. The number of aromatic nitrogens is 4. The Morgan fingerprint density at radius 3 is 2.49 bits per heavy atom. The van der Waals surface area contributed by atoms with Crippen LogP contribution in [0.2, 0.25) is 0 Å². The van der Waals surface area contributed by atoms with Gasteiger partial charge in [-0.2, -0.15) is 0 Å². The molecule has 1 atom stereocenters. The molecule has 2 aliphatic heterocycles. The van der Waals surface area contributed by atoms with E-state index in [1.165, 1.54) is 5.56 Å². The molecule has 0 bridgehead atoms. The Hall–Kier alpha value is -4.97. The number of amides is 1. The standard InChI is InChI=1S/C44H51N7O4/c1-27-30(22-37-40-31(13-18-45-37)21-29(23-46-40)24-50-19-14-33(52)25-50)7-5-8-34(27)35-9-6-10-36(28(35)2)48-42(53)41-47-38-26-51(20-15-39(38)49(41)4)32-11-16-44(3,17-12-32)43(54)55/h5-10,13,18,21,23,32-33,52H,11-12,14-17,19-20,22,24-26H2,1-4H3,(H,48,53)(H,54,55)/t32?,33-,44?/m1/s1. The number of carbonyl (C=O) groups excluding carboxylic acids is 1. The quantitative estimate of drug-likeness (QED) is 0.156. The van der Waals surface area contributed by atoms with Crippen LogP contribution in [0.4, 0.5) is 5.69 Å². The maximum atomic E-state index is 13.8. The lowest BCUT2D eigenvalue weighted by molar-refractivity contribution is -0.150. The molecule has 55 heavy (non-hydrogen) atoms. The smallest absolute Gasteiger partial charge is 0.309 e. The number of carbonyl (C=O) groups is 2. The molecule has 11 heteroatoms. The monoisotopic (exact) mass is 741 g/mol. The van der Waals surface area contributed by atoms with Crippen LogP contribution in [0.25, 0.3) is 22.0 Å². The first kappa shape index (κ1) is 37.0. The molecule has 5 aromatic rings. The van der Waals surface area contributed by atoms with Crippen LogP contribution in [0.15, 0.2) is 60.9 Å². The summed E-state index contributed by atoms with van der Waals surface area (Å²) >= 11 is 0. The number of carboxylic acid groups (broad SMARTS) is 1. The number of benzene rings is 2. The third-order valence-corrected chi connectivity index (χ3v) is 12.6. The maximum Gasteiger partial charge on any atom is 0.309 e. The van der Waals surface area contributed by atoms with Crippen LogP contribution in [0.5, 0.6) is 0 Å². The summed E-state index contributed by atoms with van der Waals surface area (Å²) in [5.41, 5.74) is 10.6. The number of nitrogens with zero attached hydrogens (tertiary/aromatic N) is 6. The molecule has 2 fully saturated rings. The Morgan fingerprint density at radius 2 is 1.75 bits per heavy atom. The first-order valence-electron chi connectivity index (χ1n) is 19.6. The Labute approximate surface area is 322 Å². The minimum Gasteiger partial charge on any atom is -0.481 e. The van der Waals surface area contributed by atoms with Gasteiger partial charge < -0.3 is 20.1 Å². The van der Waals surface area contributed by atoms with E-state index in [0.29, 0.717) is 44.2 Å². The molecule has 8 rings (SSSR count). The zero-order chi connectivity index (χ0) is 38.4. The predicted molar refractivity (Wildman–Crippen MR) is 213 cm³/mol. The van der Waals surface area contributed by atoms with Crippen molar-refractivity contribution >= 4 is 28.5 Å². The summed E-state index contributed by atoms with van der Waals surface area (Å²) in [5, 5.41) is 23.9. The molecule has 0 spiro atoms. The van der Waals surface area contributed by atoms with Crippen LogP contribution in [-0.4, -0.2) is 83.2 Å². The fraction of sp³-hybridized carbons (Fsp3) is 0.432. The minimum absolute atomic E-state index is 0.236. The van der Waals surface area contributed by atoms with Gasteiger partial charge in [-0.1, -0.05) is 30.3 Å². The van der Waals surface area contributed by atoms with Gasteiger partial charge in [-0.3, -0.25) is 29.4 Å². The van der Waals surface area contributed by atoms with Crippen molar-refractivity contribution in [3.05, 3.63) is 106 Å². The highest BCUT2D eigenvalue weighted by Gasteiger charge is 2.40. The number of hydrogen-bond acceptors (Lipinski definition) is 8. The van der Waals surface area contributed by atoms with Gasteiger partial charge >= 0.3 is 5.97 Å². The summed E-state index contributed by atoms with van der Waals surface area (Å²) in [6.45, 7) is 9.99. The van der Waals surface area contributed by atoms with Gasteiger partial charge in [0.05, 0.1) is 28.4 Å². The molecule has 0 unspecified atom stereocenters. The van der Waals surface area contributed by atoms with Gasteiger partial charge in [0.25, 0.3) is 5.91 Å². The van der Waals surface area contributed by atoms with Crippen molar-refractivity contribution in [3.63, 3.8) is 0 Å². The minimum atomic E-state index is -0.699. The van der Waals surface area contributed by atoms with E-state index in [-0.39, 0.29) is 12.0 Å². The van der Waals surface area contributed by atoms with Crippen molar-refractivity contribution in [2.24, 2.45) is 12.5 Å². The summed E-state index contributed by atoms with van der Waals surface area (Å²) in [4.78, 5) is 44.8. The van der Waals surface area contributed by atoms with Gasteiger partial charge in [0, 0.05) is 87.8 Å². The molecular weight excluding hydrogens is 691 g/mol. The molecule has 5 heterocycles. The van der Waals surface area contributed by atoms with Crippen LogP contribution in [-0.2, 0) is 37.8 Å². The van der Waals surface area contributed by atoms with E-state index in [4.69, 9.17) is 15.0 Å². The highest BCUT2D eigenvalue weighted by molar-refractivity contribution is 6.03. The molecule has 3 N–H and O–H groups in total. The average molecular weight is 742 g/mol. The number of aliphatic hydroxyl groups excluding tert-OH is 1. The van der Waals surface area contributed by atoms with E-state index in [2.05, 4.69) is 59.3 Å². The fourth-order valence-corrected chi connectivity index (χ4v) is 9.06. The molecule has 286 valence electrons. The van der Waals surface area contributed by atoms with Gasteiger partial charge in [0.2, 0.25) is 0 Å². The molecular formula is C44H51N7O4. The first-order valence-corrected chi connectivity index (χ1v) is 19.6. The zero-order valence-electron chi connectivity index (χ0n) is 32.3. The molecule has 0 radical (unpaired) electrons. The Morgan fingerprint density at radius 1 is 0.982 bits per heavy atom. The van der Waals surface area contributed by atoms with Crippen molar-refractivity contribution in [2.75, 3.05) is 25.0 Å². The summed E-state index contributed by atoms with van der Waals surface area (Å²) in [6.07, 6.45) is 8.91. The second-order valence-corrected chi connectivity index (χ2v) is 16.3. The van der Waals surface area contributed by atoms with Gasteiger partial charge in [-0.15, -0.1) is 0 Å². The summed E-state index contributed by atoms with van der Waals surface area (Å²) in [6, 6.07) is 17.0. The number of fused-ring (bicyclic) bond motifs is 2. The number of likely N-dealkylation sites (tertiary alicyclic amines) is 1. The molecule has 1 saturated carbocycles. The van der Waals surface area contributed by atoms with Crippen molar-refractivity contribution in [2.45, 2.75) is 91.0 Å². The number of anilines is 1. The number of rotatable bonds is 9. The molecule has 3 aliphatic rings. The molecule has 1 saturated heterocycles. The van der Waals surface area contributed by atoms with Crippen molar-refractivity contribution in [1.82, 2.24) is 29.3 Å². The number of hydrogen-bond donors (Lipinski definition) is 3. The lowest BCUT2D eigenvalue weighted by Crippen LogP contribution is -2.44. The Bertz CT molecular complexity index is 2270. The highest BCUT2D eigenvalue weighted by Crippen LogP contribution is 2.39. The highest BCUT2D eigenvalue weighted by atomic mass is 16.4. The van der Waals surface area contributed by atoms with Crippen LogP contribution in [0, 0.1) is 19.3 Å². The number of carboxylic acids is 1. The zero-order valence-corrected chi connectivity index (χ0v) is 32.3. The van der Waals surface area contributed by atoms with Crippen LogP contribution in [0.1, 0.15) is 89.0 Å². The molecule has 3 aromatic heterocycles. The van der Waals surface area contributed by atoms with Gasteiger partial charge in [0.15, 0.2) is 5.82 Å². The Kier molecular flexibility index (Phi) is 10.0. The topological polar surface area (TPSA) is 137 Å². The second-order valence-electron chi connectivity index (χ2n) is 16.3. The number of pyridine rings is 2. The molecule has 11 nitrogen and oxygen atoms in total. The number of aliphatic hydroxyl groups is 1. The van der Waals surface area contributed by atoms with E-state index in [1.807, 2.05) is 49.1 Å². The van der Waals surface area contributed by atoms with E-state index in [1.54, 1.807) is 0 Å². The van der Waals surface area contributed by atoms with E-state index in [0.717, 1.165) is 107 Å². The third kappa shape index (κ3) is 7.28. The van der Waals surface area contributed by atoms with Gasteiger partial charge in [0.1, 0.15) is 0 Å². The van der Waals surface area contributed by atoms with E-state index >= 15 is 0 Å². The average Bonchev–Trinajstić information content (AvgIpc) is 3.74. The maximum absolute atomic E-state index is 13.8. The number of imidazole rings is 1. The number of β-amino-alcohol motifs (C(OH)–C–C–N with tert-alkyl or cyclic N) is 1. The summed E-state index contributed by atoms with van der Waals surface area (Å²) < 4.78 is 1.94. The van der Waals surface area contributed by atoms with E-state index in [9.17, 15) is 19.8 Å². The van der Waals surface area contributed by atoms with Crippen LogP contribution < -0.4 is 5.32 Å². The van der Waals surface area contributed by atoms with E-state index < -0.39 is 11.4 Å². The van der Waals surface area contributed by atoms with Crippen molar-refractivity contribution in [3.8, 4) is 11.1 Å². The first-order chi connectivity index (χ1) is 26.5. The predicted octanol–water partition coefficient (Wildman–Crippen LogP) is 6.45. The third-order valence-electron chi connectivity index (χ3n) is 12.6. The van der Waals surface area contributed by atoms with Gasteiger partial charge in [-0.05, 0) is 104 Å². The second kappa shape index (κ2) is 14.9. The largest absolute Gasteiger partial charge is 0.481 e. The molecule has 1 aliphatic carbocycles. The molecule has 2 aromatic carbocycles. The van der Waals surface area contributed by atoms with Crippen molar-refractivity contribution in [1.29, 1.82) is 0 Å². The van der Waals surface area contributed by atoms with Crippen molar-refractivity contribution < 1.29 is 19.8 Å². The lowest BCUT2D eigenvalue weighted by atomic mass is 9.73. The number of aliphatic carboxylic acids is 1. The fourth-order valence-electron chi connectivity index (χ4n) is 9.06. The lowest BCUT2D eigenvalue weighted by Gasteiger charge is -2.41. The summed E-state index contributed by atoms with van der Waals surface area (Å²) in [7, 11) is 1.92.